The van der Waals surface area contributed by atoms with Crippen LogP contribution in [0.2, 0.25) is 0 Å². The van der Waals surface area contributed by atoms with Crippen LogP contribution in [0, 0.1) is 0 Å². The number of aliphatic hydroxyl groups excluding tert-OH is 2. The molecular weight excluding hydrogens is 866 g/mol. The molecule has 4 atom stereocenters. The second-order valence-corrected chi connectivity index (χ2v) is 16.2. The van der Waals surface area contributed by atoms with Crippen molar-refractivity contribution < 1.29 is 39.5 Å². The van der Waals surface area contributed by atoms with Crippen LogP contribution in [0.25, 0.3) is 0 Å². The maximum absolute atomic E-state index is 10.3. The third kappa shape index (κ3) is 36.0. The molecule has 59 heavy (non-hydrogen) atoms. The minimum atomic E-state index is -0.928. The zero-order valence-electron chi connectivity index (χ0n) is 37.3. The molecule has 0 saturated heterocycles. The van der Waals surface area contributed by atoms with E-state index in [2.05, 4.69) is 24.3 Å². The Morgan fingerprint density at radius 3 is 0.966 bits per heavy atom. The Labute approximate surface area is 400 Å². The van der Waals surface area contributed by atoms with E-state index in [1.807, 2.05) is 50.2 Å². The predicted octanol–water partition coefficient (Wildman–Crippen LogP) is 9.95. The Morgan fingerprint density at radius 2 is 0.712 bits per heavy atom. The summed E-state index contributed by atoms with van der Waals surface area (Å²) >= 11 is 0. The maximum atomic E-state index is 10.3. The summed E-state index contributed by atoms with van der Waals surface area (Å²) in [5.41, 5.74) is 2.30. The number of aliphatic carboxylic acids is 2. The van der Waals surface area contributed by atoms with Gasteiger partial charge in [-0.05, 0) is 62.5 Å². The molecule has 0 aliphatic heterocycles. The van der Waals surface area contributed by atoms with E-state index in [4.69, 9.17) is 9.47 Å². The van der Waals surface area contributed by atoms with Gasteiger partial charge in [0.1, 0.15) is 0 Å². The van der Waals surface area contributed by atoms with Crippen LogP contribution < -0.4 is 10.2 Å². The van der Waals surface area contributed by atoms with Crippen molar-refractivity contribution in [3.05, 3.63) is 71.8 Å². The second kappa shape index (κ2) is 42.1. The molecule has 8 nitrogen and oxygen atoms in total. The van der Waals surface area contributed by atoms with E-state index in [-0.39, 0.29) is 86.1 Å². The number of unbranched alkanes of at least 4 members (excludes halogenated alkanes) is 20. The third-order valence-electron chi connectivity index (χ3n) is 11.0. The average Bonchev–Trinajstić information content (AvgIpc) is 3.23. The van der Waals surface area contributed by atoms with Crippen molar-refractivity contribution in [2.75, 3.05) is 0 Å². The molecule has 2 aromatic rings. The van der Waals surface area contributed by atoms with Crippen molar-refractivity contribution in [1.29, 1.82) is 0 Å². The molecule has 2 rings (SSSR count). The molecule has 0 radical (unpaired) electrons. The molecule has 0 saturated carbocycles. The summed E-state index contributed by atoms with van der Waals surface area (Å²) in [6.07, 6.45) is 28.3. The number of hydrogen-bond donors (Lipinski definition) is 2. The van der Waals surface area contributed by atoms with E-state index in [1.165, 1.54) is 89.9 Å². The largest absolute Gasteiger partial charge is 2.00 e. The number of benzene rings is 2. The van der Waals surface area contributed by atoms with E-state index < -0.39 is 11.9 Å². The van der Waals surface area contributed by atoms with Crippen LogP contribution in [0.5, 0.6) is 0 Å². The maximum Gasteiger partial charge on any atom is 2.00 e. The van der Waals surface area contributed by atoms with Gasteiger partial charge in [-0.3, -0.25) is 0 Å². The summed E-state index contributed by atoms with van der Waals surface area (Å²) in [5.74, 6) is -1.86. The molecule has 9 heteroatoms. The van der Waals surface area contributed by atoms with E-state index in [0.717, 1.165) is 88.2 Å². The molecule has 332 valence electrons. The number of carboxylic acid groups (broad SMARTS) is 2. The van der Waals surface area contributed by atoms with Gasteiger partial charge in [-0.1, -0.05) is 203 Å². The minimum Gasteiger partial charge on any atom is -0.550 e. The van der Waals surface area contributed by atoms with Gasteiger partial charge in [0.2, 0.25) is 0 Å². The van der Waals surface area contributed by atoms with Gasteiger partial charge in [-0.25, -0.2) is 0 Å². The van der Waals surface area contributed by atoms with Crippen LogP contribution in [0.1, 0.15) is 205 Å². The van der Waals surface area contributed by atoms with E-state index in [0.29, 0.717) is 13.2 Å². The summed E-state index contributed by atoms with van der Waals surface area (Å²) in [4.78, 5) is 20.7. The van der Waals surface area contributed by atoms with Gasteiger partial charge in [-0.15, -0.1) is 0 Å². The first-order valence-corrected chi connectivity index (χ1v) is 23.3. The molecule has 0 heterocycles. The summed E-state index contributed by atoms with van der Waals surface area (Å²) in [6, 6.07) is 20.3. The molecule has 2 N–H and O–H groups in total. The summed E-state index contributed by atoms with van der Waals surface area (Å²) < 4.78 is 12.0. The van der Waals surface area contributed by atoms with Gasteiger partial charge < -0.3 is 39.5 Å². The first kappa shape index (κ1) is 57.8. The first-order valence-electron chi connectivity index (χ1n) is 23.3. The van der Waals surface area contributed by atoms with E-state index in [9.17, 15) is 30.0 Å². The summed E-state index contributed by atoms with van der Waals surface area (Å²) in [5, 5.41) is 41.1. The zero-order valence-corrected chi connectivity index (χ0v) is 41.8. The van der Waals surface area contributed by atoms with Gasteiger partial charge >= 0.3 is 48.9 Å². The average molecular weight is 949 g/mol. The second-order valence-electron chi connectivity index (χ2n) is 16.2. The summed E-state index contributed by atoms with van der Waals surface area (Å²) in [7, 11) is 0. The number of aliphatic hydroxyl groups is 2. The number of hydrogen-bond acceptors (Lipinski definition) is 8. The van der Waals surface area contributed by atoms with Crippen molar-refractivity contribution in [3.63, 3.8) is 0 Å². The van der Waals surface area contributed by atoms with Gasteiger partial charge in [0, 0.05) is 11.9 Å². The third-order valence-corrected chi connectivity index (χ3v) is 11.0. The molecule has 4 unspecified atom stereocenters. The number of ether oxygens (including phenoxy) is 2. The SMILES string of the molecule is CCC(O)C(CCCCCCCCCCCCCC(=O)[O-])OCc1ccccc1.CCC(O)C(CCCCCCCCCCCCCC(=O)[O-])OCc1ccccc1.[Ba+2]. The van der Waals surface area contributed by atoms with Crippen LogP contribution in [0.4, 0.5) is 0 Å². The molecule has 0 aromatic heterocycles. The fourth-order valence-corrected chi connectivity index (χ4v) is 7.27. The Hall–Kier alpha value is -1.21. The topological polar surface area (TPSA) is 139 Å². The molecule has 0 bridgehead atoms. The van der Waals surface area contributed by atoms with Crippen molar-refractivity contribution in [2.24, 2.45) is 0 Å². The van der Waals surface area contributed by atoms with Crippen molar-refractivity contribution >= 4 is 60.8 Å². The number of carbonyl (C=O) groups excluding carboxylic acids is 2. The number of carbonyl (C=O) groups is 2. The molecule has 0 fully saturated rings. The normalized spacial score (nSPS) is 13.1. The van der Waals surface area contributed by atoms with Crippen LogP contribution in [0.3, 0.4) is 0 Å². The number of rotatable bonds is 38. The van der Waals surface area contributed by atoms with Gasteiger partial charge in [0.25, 0.3) is 0 Å². The summed E-state index contributed by atoms with van der Waals surface area (Å²) in [6.45, 7) is 5.14. The Kier molecular flexibility index (Phi) is 41.2. The fourth-order valence-electron chi connectivity index (χ4n) is 7.27. The molecular formula is C50H82BaO8. The van der Waals surface area contributed by atoms with Crippen molar-refractivity contribution in [1.82, 2.24) is 0 Å². The van der Waals surface area contributed by atoms with E-state index >= 15 is 0 Å². The molecule has 0 amide bonds. The predicted molar refractivity (Wildman–Crippen MR) is 238 cm³/mol. The molecule has 0 spiro atoms. The monoisotopic (exact) mass is 949 g/mol. The Balaban J connectivity index is 0.00000112. The van der Waals surface area contributed by atoms with Crippen molar-refractivity contribution in [3.8, 4) is 0 Å². The van der Waals surface area contributed by atoms with Crippen LogP contribution >= 0.6 is 0 Å². The van der Waals surface area contributed by atoms with Crippen LogP contribution in [0.15, 0.2) is 60.7 Å². The smallest absolute Gasteiger partial charge is 0.550 e. The van der Waals surface area contributed by atoms with Crippen LogP contribution in [-0.4, -0.2) is 95.4 Å². The van der Waals surface area contributed by atoms with Crippen molar-refractivity contribution in [2.45, 2.75) is 231 Å². The van der Waals surface area contributed by atoms with E-state index in [1.54, 1.807) is 0 Å². The molecule has 2 aromatic carbocycles. The van der Waals surface area contributed by atoms with Crippen LogP contribution in [-0.2, 0) is 32.3 Å². The zero-order chi connectivity index (χ0) is 42.3. The quantitative estimate of drug-likeness (QED) is 0.0501. The number of carboxylic acids is 2. The van der Waals surface area contributed by atoms with Gasteiger partial charge in [-0.2, -0.15) is 0 Å². The molecule has 0 aliphatic rings. The van der Waals surface area contributed by atoms with Gasteiger partial charge in [0.15, 0.2) is 0 Å². The Bertz CT molecular complexity index is 1110. The van der Waals surface area contributed by atoms with Gasteiger partial charge in [0.05, 0.1) is 37.6 Å². The molecule has 0 aliphatic carbocycles. The fraction of sp³-hybridized carbons (Fsp3) is 0.720. The first-order chi connectivity index (χ1) is 28.3. The standard InChI is InChI=1S/2C25H42O4.Ba/c2*1-2-23(26)24(29-21-22-17-13-12-14-18-22)19-15-10-8-6-4-3-5-7-9-11-16-20-25(27)28;/h2*12-14,17-18,23-24,26H,2-11,15-16,19-21H2,1H3,(H,27,28);/q;;+2/p-2. The minimum absolute atomic E-state index is 0. The Morgan fingerprint density at radius 1 is 0.458 bits per heavy atom.